The minimum absolute atomic E-state index is 0.328. The van der Waals surface area contributed by atoms with E-state index in [1.807, 2.05) is 0 Å². The Labute approximate surface area is 136 Å². The minimum Gasteiger partial charge on any atom is -0.396 e. The Balaban J connectivity index is 2.02. The van der Waals surface area contributed by atoms with Gasteiger partial charge in [0.2, 0.25) is 0 Å². The molecule has 118 valence electrons. The van der Waals surface area contributed by atoms with Gasteiger partial charge >= 0.3 is 0 Å². The Hall–Kier alpha value is -0.580. The van der Waals surface area contributed by atoms with Crippen molar-refractivity contribution in [1.82, 2.24) is 5.32 Å². The molecular formula is C17H27BrN2O. The molecule has 1 saturated heterocycles. The number of nitrogens with zero attached hydrogens (tertiary/aromatic N) is 1. The van der Waals surface area contributed by atoms with E-state index in [-0.39, 0.29) is 0 Å². The summed E-state index contributed by atoms with van der Waals surface area (Å²) in [4.78, 5) is 2.42. The van der Waals surface area contributed by atoms with Crippen LogP contribution in [0, 0.1) is 5.92 Å². The lowest BCUT2D eigenvalue weighted by molar-refractivity contribution is 0.203. The molecule has 2 N–H and O–H groups in total. The summed E-state index contributed by atoms with van der Waals surface area (Å²) < 4.78 is 1.17. The van der Waals surface area contributed by atoms with E-state index in [2.05, 4.69) is 58.2 Å². The summed E-state index contributed by atoms with van der Waals surface area (Å²) in [7, 11) is 0. The van der Waals surface area contributed by atoms with E-state index in [9.17, 15) is 5.11 Å². The van der Waals surface area contributed by atoms with Gasteiger partial charge in [0.25, 0.3) is 0 Å². The summed E-state index contributed by atoms with van der Waals surface area (Å²) in [5.41, 5.74) is 2.60. The van der Waals surface area contributed by atoms with E-state index < -0.39 is 0 Å². The highest BCUT2D eigenvalue weighted by Crippen LogP contribution is 2.32. The standard InChI is InChI=1S/C17H27BrN2O/c1-3-8-19-13(2)15-4-5-17(16(18)11-15)20-9-6-14(12-21)7-10-20/h4-5,11,13-14,19,21H,3,6-10,12H2,1-2H3. The van der Waals surface area contributed by atoms with Crippen LogP contribution in [-0.4, -0.2) is 31.3 Å². The molecule has 1 atom stereocenters. The molecule has 1 aliphatic rings. The zero-order valence-electron chi connectivity index (χ0n) is 13.1. The van der Waals surface area contributed by atoms with Crippen LogP contribution in [0.5, 0.6) is 0 Å². The van der Waals surface area contributed by atoms with Crippen molar-refractivity contribution in [3.05, 3.63) is 28.2 Å². The van der Waals surface area contributed by atoms with E-state index in [1.54, 1.807) is 0 Å². The molecule has 0 bridgehead atoms. The Morgan fingerprint density at radius 1 is 1.38 bits per heavy atom. The van der Waals surface area contributed by atoms with Gasteiger partial charge < -0.3 is 15.3 Å². The van der Waals surface area contributed by atoms with Crippen LogP contribution in [0.25, 0.3) is 0 Å². The molecule has 0 aliphatic carbocycles. The fourth-order valence-electron chi connectivity index (χ4n) is 2.88. The van der Waals surface area contributed by atoms with Gasteiger partial charge in [-0.25, -0.2) is 0 Å². The van der Waals surface area contributed by atoms with Crippen molar-refractivity contribution in [2.24, 2.45) is 5.92 Å². The van der Waals surface area contributed by atoms with Crippen molar-refractivity contribution in [3.63, 3.8) is 0 Å². The molecule has 21 heavy (non-hydrogen) atoms. The summed E-state index contributed by atoms with van der Waals surface area (Å²) >= 11 is 3.73. The molecular weight excluding hydrogens is 328 g/mol. The molecule has 2 rings (SSSR count). The lowest BCUT2D eigenvalue weighted by atomic mass is 9.97. The summed E-state index contributed by atoms with van der Waals surface area (Å²) in [6.07, 6.45) is 3.32. The number of aliphatic hydroxyl groups excluding tert-OH is 1. The minimum atomic E-state index is 0.328. The SMILES string of the molecule is CCCNC(C)c1ccc(N2CCC(CO)CC2)c(Br)c1. The Bertz CT molecular complexity index is 444. The van der Waals surface area contributed by atoms with Gasteiger partial charge in [-0.05, 0) is 72.3 Å². The average Bonchev–Trinajstić information content (AvgIpc) is 2.52. The van der Waals surface area contributed by atoms with Crippen LogP contribution in [0.3, 0.4) is 0 Å². The quantitative estimate of drug-likeness (QED) is 0.817. The first-order valence-corrected chi connectivity index (χ1v) is 8.83. The van der Waals surface area contributed by atoms with Gasteiger partial charge in [-0.15, -0.1) is 0 Å². The second kappa shape index (κ2) is 8.16. The van der Waals surface area contributed by atoms with Gasteiger partial charge in [0.15, 0.2) is 0 Å². The maximum atomic E-state index is 9.24. The number of hydrogen-bond acceptors (Lipinski definition) is 3. The molecule has 1 aromatic carbocycles. The van der Waals surface area contributed by atoms with Crippen molar-refractivity contribution in [3.8, 4) is 0 Å². The molecule has 1 heterocycles. The number of piperidine rings is 1. The van der Waals surface area contributed by atoms with Gasteiger partial charge in [0, 0.05) is 30.2 Å². The molecule has 1 aromatic rings. The largest absolute Gasteiger partial charge is 0.396 e. The molecule has 3 nitrogen and oxygen atoms in total. The number of nitrogens with one attached hydrogen (secondary N) is 1. The van der Waals surface area contributed by atoms with Crippen LogP contribution in [0.2, 0.25) is 0 Å². The maximum Gasteiger partial charge on any atom is 0.0510 e. The molecule has 0 amide bonds. The number of hydrogen-bond donors (Lipinski definition) is 2. The third-order valence-corrected chi connectivity index (χ3v) is 5.02. The van der Waals surface area contributed by atoms with Crippen LogP contribution in [0.4, 0.5) is 5.69 Å². The predicted octanol–water partition coefficient (Wildman–Crippen LogP) is 3.72. The first-order chi connectivity index (χ1) is 10.2. The van der Waals surface area contributed by atoms with Gasteiger partial charge in [-0.2, -0.15) is 0 Å². The second-order valence-corrected chi connectivity index (χ2v) is 6.85. The topological polar surface area (TPSA) is 35.5 Å². The molecule has 4 heteroatoms. The molecule has 0 spiro atoms. The van der Waals surface area contributed by atoms with E-state index in [0.717, 1.165) is 38.9 Å². The van der Waals surface area contributed by atoms with Gasteiger partial charge in [-0.3, -0.25) is 0 Å². The van der Waals surface area contributed by atoms with Crippen molar-refractivity contribution in [1.29, 1.82) is 0 Å². The highest BCUT2D eigenvalue weighted by Gasteiger charge is 2.20. The van der Waals surface area contributed by atoms with Crippen LogP contribution >= 0.6 is 15.9 Å². The van der Waals surface area contributed by atoms with Crippen LogP contribution in [0.1, 0.15) is 44.7 Å². The van der Waals surface area contributed by atoms with Crippen LogP contribution in [-0.2, 0) is 0 Å². The highest BCUT2D eigenvalue weighted by atomic mass is 79.9. The summed E-state index contributed by atoms with van der Waals surface area (Å²) in [6, 6.07) is 7.07. The van der Waals surface area contributed by atoms with E-state index in [1.165, 1.54) is 15.7 Å². The Morgan fingerprint density at radius 2 is 2.10 bits per heavy atom. The number of rotatable bonds is 6. The zero-order valence-corrected chi connectivity index (χ0v) is 14.7. The maximum absolute atomic E-state index is 9.24. The van der Waals surface area contributed by atoms with Crippen molar-refractivity contribution in [2.75, 3.05) is 31.1 Å². The Morgan fingerprint density at radius 3 is 2.67 bits per heavy atom. The van der Waals surface area contributed by atoms with E-state index in [0.29, 0.717) is 18.6 Å². The van der Waals surface area contributed by atoms with Crippen molar-refractivity contribution < 1.29 is 5.11 Å². The normalized spacial score (nSPS) is 18.0. The molecule has 1 fully saturated rings. The predicted molar refractivity (Wildman–Crippen MR) is 92.9 cm³/mol. The van der Waals surface area contributed by atoms with Gasteiger partial charge in [0.05, 0.1) is 5.69 Å². The first-order valence-electron chi connectivity index (χ1n) is 8.04. The molecule has 0 radical (unpaired) electrons. The van der Waals surface area contributed by atoms with E-state index >= 15 is 0 Å². The smallest absolute Gasteiger partial charge is 0.0510 e. The van der Waals surface area contributed by atoms with E-state index in [4.69, 9.17) is 0 Å². The molecule has 1 aliphatic heterocycles. The first kappa shape index (κ1) is 16.8. The number of anilines is 1. The average molecular weight is 355 g/mol. The fourth-order valence-corrected chi connectivity index (χ4v) is 3.53. The fraction of sp³-hybridized carbons (Fsp3) is 0.647. The van der Waals surface area contributed by atoms with Gasteiger partial charge in [0.1, 0.15) is 0 Å². The van der Waals surface area contributed by atoms with Crippen molar-refractivity contribution in [2.45, 2.75) is 39.2 Å². The third-order valence-electron chi connectivity index (χ3n) is 4.39. The summed E-state index contributed by atoms with van der Waals surface area (Å²) in [5, 5.41) is 12.8. The van der Waals surface area contributed by atoms with Gasteiger partial charge in [-0.1, -0.05) is 13.0 Å². The van der Waals surface area contributed by atoms with Crippen LogP contribution < -0.4 is 10.2 Å². The zero-order chi connectivity index (χ0) is 15.2. The molecule has 0 aromatic heterocycles. The van der Waals surface area contributed by atoms with Crippen molar-refractivity contribution >= 4 is 21.6 Å². The monoisotopic (exact) mass is 354 g/mol. The molecule has 1 unspecified atom stereocenters. The number of halogens is 1. The summed E-state index contributed by atoms with van der Waals surface area (Å²) in [5.74, 6) is 0.484. The number of aliphatic hydroxyl groups is 1. The summed E-state index contributed by atoms with van der Waals surface area (Å²) in [6.45, 7) is 7.85. The third kappa shape index (κ3) is 4.44. The van der Waals surface area contributed by atoms with Crippen LogP contribution in [0.15, 0.2) is 22.7 Å². The Kier molecular flexibility index (Phi) is 6.52. The molecule has 0 saturated carbocycles. The number of benzene rings is 1. The lowest BCUT2D eigenvalue weighted by Gasteiger charge is -2.33. The highest BCUT2D eigenvalue weighted by molar-refractivity contribution is 9.10. The second-order valence-electron chi connectivity index (χ2n) is 6.00. The lowest BCUT2D eigenvalue weighted by Crippen LogP contribution is -2.35.